The largest absolute Gasteiger partial charge is 0.370 e. The van der Waals surface area contributed by atoms with Gasteiger partial charge in [-0.2, -0.15) is 11.3 Å². The van der Waals surface area contributed by atoms with E-state index in [2.05, 4.69) is 50.8 Å². The van der Waals surface area contributed by atoms with Gasteiger partial charge in [0.2, 0.25) is 5.91 Å². The van der Waals surface area contributed by atoms with Crippen molar-refractivity contribution >= 4 is 23.2 Å². The number of hydrogen-bond acceptors (Lipinski definition) is 4. The van der Waals surface area contributed by atoms with Crippen LogP contribution in [0.4, 0.5) is 0 Å². The van der Waals surface area contributed by atoms with Crippen LogP contribution in [0.5, 0.6) is 0 Å². The summed E-state index contributed by atoms with van der Waals surface area (Å²) in [5.41, 5.74) is 6.74. The molecule has 1 aromatic heterocycles. The predicted molar refractivity (Wildman–Crippen MR) is 109 cm³/mol. The van der Waals surface area contributed by atoms with Crippen LogP contribution < -0.4 is 11.1 Å². The molecule has 3 N–H and O–H groups in total. The van der Waals surface area contributed by atoms with Crippen molar-refractivity contribution in [2.75, 3.05) is 39.8 Å². The van der Waals surface area contributed by atoms with Crippen LogP contribution in [0.25, 0.3) is 0 Å². The number of nitrogens with two attached hydrogens (primary N) is 1. The van der Waals surface area contributed by atoms with Crippen LogP contribution in [0.15, 0.2) is 21.8 Å². The summed E-state index contributed by atoms with van der Waals surface area (Å²) in [7, 11) is 1.83. The molecule has 146 valence electrons. The number of amides is 1. The molecule has 6 nitrogen and oxygen atoms in total. The summed E-state index contributed by atoms with van der Waals surface area (Å²) in [6.45, 7) is 9.08. The van der Waals surface area contributed by atoms with Gasteiger partial charge in [0.25, 0.3) is 0 Å². The van der Waals surface area contributed by atoms with Crippen molar-refractivity contribution < 1.29 is 4.79 Å². The fourth-order valence-electron chi connectivity index (χ4n) is 3.82. The highest BCUT2D eigenvalue weighted by molar-refractivity contribution is 7.07. The Kier molecular flexibility index (Phi) is 8.38. The molecule has 7 heteroatoms. The van der Waals surface area contributed by atoms with Gasteiger partial charge < -0.3 is 16.0 Å². The summed E-state index contributed by atoms with van der Waals surface area (Å²) in [6.07, 6.45) is 2.60. The van der Waals surface area contributed by atoms with E-state index in [0.29, 0.717) is 18.4 Å². The summed E-state index contributed by atoms with van der Waals surface area (Å²) in [5.74, 6) is 1.04. The van der Waals surface area contributed by atoms with Crippen LogP contribution in [0, 0.1) is 5.92 Å². The van der Waals surface area contributed by atoms with Crippen molar-refractivity contribution in [3.8, 4) is 0 Å². The minimum absolute atomic E-state index is 0.209. The highest BCUT2D eigenvalue weighted by atomic mass is 32.1. The Morgan fingerprint density at radius 2 is 2.27 bits per heavy atom. The normalized spacial score (nSPS) is 19.6. The molecule has 1 fully saturated rings. The van der Waals surface area contributed by atoms with E-state index < -0.39 is 0 Å². The first-order valence-electron chi connectivity index (χ1n) is 9.59. The fourth-order valence-corrected chi connectivity index (χ4v) is 4.52. The number of guanidine groups is 1. The third kappa shape index (κ3) is 5.71. The Balaban J connectivity index is 2.00. The SMILES string of the molecule is CCN(CC)C(CNC(=NC)N1CCCC(CC(N)=O)C1)c1ccsc1. The van der Waals surface area contributed by atoms with Gasteiger partial charge in [-0.3, -0.25) is 14.7 Å². The maximum absolute atomic E-state index is 11.3. The maximum Gasteiger partial charge on any atom is 0.217 e. The highest BCUT2D eigenvalue weighted by Crippen LogP contribution is 2.23. The molecule has 1 aliphatic heterocycles. The average Bonchev–Trinajstić information content (AvgIpc) is 3.15. The van der Waals surface area contributed by atoms with Crippen LogP contribution in [0.2, 0.25) is 0 Å². The topological polar surface area (TPSA) is 74.0 Å². The molecule has 1 saturated heterocycles. The molecule has 26 heavy (non-hydrogen) atoms. The lowest BCUT2D eigenvalue weighted by Gasteiger charge is -2.36. The van der Waals surface area contributed by atoms with E-state index in [0.717, 1.165) is 51.5 Å². The number of primary amides is 1. The number of hydrogen-bond donors (Lipinski definition) is 2. The number of nitrogens with zero attached hydrogens (tertiary/aromatic N) is 3. The van der Waals surface area contributed by atoms with E-state index in [9.17, 15) is 4.79 Å². The molecule has 0 saturated carbocycles. The fraction of sp³-hybridized carbons (Fsp3) is 0.684. The van der Waals surface area contributed by atoms with Gasteiger partial charge in [-0.1, -0.05) is 13.8 Å². The molecule has 0 aliphatic carbocycles. The molecule has 2 atom stereocenters. The zero-order valence-electron chi connectivity index (χ0n) is 16.3. The van der Waals surface area contributed by atoms with E-state index in [-0.39, 0.29) is 5.91 Å². The third-order valence-corrected chi connectivity index (χ3v) is 5.86. The Bertz CT molecular complexity index is 570. The Morgan fingerprint density at radius 1 is 1.50 bits per heavy atom. The van der Waals surface area contributed by atoms with Crippen molar-refractivity contribution in [3.63, 3.8) is 0 Å². The zero-order valence-corrected chi connectivity index (χ0v) is 17.1. The molecule has 2 unspecified atom stereocenters. The van der Waals surface area contributed by atoms with Crippen LogP contribution >= 0.6 is 11.3 Å². The monoisotopic (exact) mass is 379 g/mol. The number of nitrogens with one attached hydrogen (secondary N) is 1. The zero-order chi connectivity index (χ0) is 18.9. The molecule has 0 radical (unpaired) electrons. The quantitative estimate of drug-likeness (QED) is 0.537. The molecule has 0 aromatic carbocycles. The third-order valence-electron chi connectivity index (χ3n) is 5.15. The lowest BCUT2D eigenvalue weighted by atomic mass is 9.95. The lowest BCUT2D eigenvalue weighted by molar-refractivity contribution is -0.119. The van der Waals surface area contributed by atoms with E-state index in [1.54, 1.807) is 11.3 Å². The number of carbonyl (C=O) groups excluding carboxylic acids is 1. The Morgan fingerprint density at radius 3 is 2.85 bits per heavy atom. The molecule has 1 aliphatic rings. The van der Waals surface area contributed by atoms with Crippen LogP contribution in [0.1, 0.15) is 44.7 Å². The first-order valence-corrected chi connectivity index (χ1v) is 10.5. The van der Waals surface area contributed by atoms with E-state index >= 15 is 0 Å². The van der Waals surface area contributed by atoms with Crippen molar-refractivity contribution in [2.45, 2.75) is 39.2 Å². The van der Waals surface area contributed by atoms with Crippen LogP contribution in [0.3, 0.4) is 0 Å². The average molecular weight is 380 g/mol. The number of aliphatic imine (C=N–C) groups is 1. The minimum Gasteiger partial charge on any atom is -0.370 e. The van der Waals surface area contributed by atoms with Gasteiger partial charge in [0, 0.05) is 33.1 Å². The molecular weight excluding hydrogens is 346 g/mol. The summed E-state index contributed by atoms with van der Waals surface area (Å²) >= 11 is 1.74. The summed E-state index contributed by atoms with van der Waals surface area (Å²) in [5, 5.41) is 7.95. The van der Waals surface area contributed by atoms with Gasteiger partial charge in [0.1, 0.15) is 0 Å². The molecular formula is C19H33N5OS. The van der Waals surface area contributed by atoms with E-state index in [4.69, 9.17) is 5.73 Å². The Labute approximate surface area is 161 Å². The maximum atomic E-state index is 11.3. The number of likely N-dealkylation sites (tertiary alicyclic amines) is 1. The number of piperidine rings is 1. The van der Waals surface area contributed by atoms with Gasteiger partial charge in [0.05, 0.1) is 6.04 Å². The molecule has 0 bridgehead atoms. The number of thiophene rings is 1. The first-order chi connectivity index (χ1) is 12.6. The van der Waals surface area contributed by atoms with Gasteiger partial charge in [-0.15, -0.1) is 0 Å². The van der Waals surface area contributed by atoms with Gasteiger partial charge >= 0.3 is 0 Å². The minimum atomic E-state index is -0.209. The van der Waals surface area contributed by atoms with Crippen molar-refractivity contribution in [3.05, 3.63) is 22.4 Å². The number of carbonyl (C=O) groups is 1. The standard InChI is InChI=1S/C19H33N5OS/c1-4-23(5-2)17(16-8-10-26-14-16)12-22-19(21-3)24-9-6-7-15(13-24)11-18(20)25/h8,10,14-15,17H,4-7,9,11-13H2,1-3H3,(H2,20,25)(H,21,22). The highest BCUT2D eigenvalue weighted by Gasteiger charge is 2.25. The molecule has 0 spiro atoms. The van der Waals surface area contributed by atoms with Crippen molar-refractivity contribution in [1.29, 1.82) is 0 Å². The van der Waals surface area contributed by atoms with E-state index in [1.165, 1.54) is 5.56 Å². The number of likely N-dealkylation sites (N-methyl/N-ethyl adjacent to an activating group) is 1. The smallest absolute Gasteiger partial charge is 0.217 e. The Hall–Kier alpha value is -1.60. The van der Waals surface area contributed by atoms with Crippen LogP contribution in [-0.2, 0) is 4.79 Å². The second kappa shape index (κ2) is 10.5. The number of rotatable bonds is 8. The molecule has 2 heterocycles. The first kappa shape index (κ1) is 20.7. The molecule has 2 rings (SSSR count). The van der Waals surface area contributed by atoms with Crippen molar-refractivity contribution in [1.82, 2.24) is 15.1 Å². The summed E-state index contributed by atoms with van der Waals surface area (Å²) < 4.78 is 0. The van der Waals surface area contributed by atoms with Gasteiger partial charge in [0.15, 0.2) is 5.96 Å². The second-order valence-corrected chi connectivity index (χ2v) is 7.63. The summed E-state index contributed by atoms with van der Waals surface area (Å²) in [4.78, 5) is 20.5. The van der Waals surface area contributed by atoms with Gasteiger partial charge in [-0.05, 0) is 54.2 Å². The molecule has 1 aromatic rings. The second-order valence-electron chi connectivity index (χ2n) is 6.85. The lowest BCUT2D eigenvalue weighted by Crippen LogP contribution is -2.49. The van der Waals surface area contributed by atoms with Gasteiger partial charge in [-0.25, -0.2) is 0 Å². The van der Waals surface area contributed by atoms with Crippen LogP contribution in [-0.4, -0.2) is 61.4 Å². The summed E-state index contributed by atoms with van der Waals surface area (Å²) in [6, 6.07) is 2.54. The van der Waals surface area contributed by atoms with Crippen molar-refractivity contribution in [2.24, 2.45) is 16.6 Å². The van der Waals surface area contributed by atoms with E-state index in [1.807, 2.05) is 7.05 Å². The predicted octanol–water partition coefficient (Wildman–Crippen LogP) is 2.29. The molecule has 1 amide bonds.